The number of benzene rings is 2. The standard InChI is InChI=1S/C22H24N4O2S/c1-3-26(4-2)22-23-14-20(29-22)15-24-25-21(27)16-28-19-12-10-18(11-13-19)17-8-6-5-7-9-17/h5-15H,3-4,16H2,1-2H3,(H,25,27)/b24-15-. The van der Waals surface area contributed by atoms with Crippen LogP contribution in [-0.4, -0.2) is 36.8 Å². The molecule has 3 aromatic rings. The first-order chi connectivity index (χ1) is 14.2. The van der Waals surface area contributed by atoms with Crippen LogP contribution in [0.4, 0.5) is 5.13 Å². The molecule has 6 nitrogen and oxygen atoms in total. The summed E-state index contributed by atoms with van der Waals surface area (Å²) in [5.74, 6) is 0.317. The summed E-state index contributed by atoms with van der Waals surface area (Å²) in [6, 6.07) is 17.7. The van der Waals surface area contributed by atoms with Crippen LogP contribution in [0.1, 0.15) is 18.7 Å². The number of amides is 1. The molecule has 1 N–H and O–H groups in total. The van der Waals surface area contributed by atoms with Gasteiger partial charge in [0.05, 0.1) is 11.1 Å². The van der Waals surface area contributed by atoms with Gasteiger partial charge in [-0.3, -0.25) is 4.79 Å². The Hall–Kier alpha value is -3.19. The number of nitrogens with zero attached hydrogens (tertiary/aromatic N) is 3. The highest BCUT2D eigenvalue weighted by Crippen LogP contribution is 2.22. The third kappa shape index (κ3) is 5.89. The van der Waals surface area contributed by atoms with Gasteiger partial charge in [-0.25, -0.2) is 10.4 Å². The number of ether oxygens (including phenoxy) is 1. The molecule has 0 saturated carbocycles. The zero-order valence-electron chi connectivity index (χ0n) is 16.5. The molecule has 0 aliphatic rings. The Bertz CT molecular complexity index is 935. The number of hydrazone groups is 1. The Balaban J connectivity index is 1.46. The lowest BCUT2D eigenvalue weighted by Gasteiger charge is -2.16. The Kier molecular flexibility index (Phi) is 7.35. The molecular weight excluding hydrogens is 384 g/mol. The maximum atomic E-state index is 11.9. The zero-order chi connectivity index (χ0) is 20.5. The van der Waals surface area contributed by atoms with Crippen molar-refractivity contribution in [2.24, 2.45) is 5.10 Å². The summed E-state index contributed by atoms with van der Waals surface area (Å²) in [4.78, 5) is 19.4. The molecule has 0 unspecified atom stereocenters. The fraction of sp³-hybridized carbons (Fsp3) is 0.227. The number of nitrogens with one attached hydrogen (secondary N) is 1. The van der Waals surface area contributed by atoms with Gasteiger partial charge in [0, 0.05) is 19.3 Å². The van der Waals surface area contributed by atoms with E-state index in [0.29, 0.717) is 5.75 Å². The van der Waals surface area contributed by atoms with E-state index in [-0.39, 0.29) is 12.5 Å². The minimum atomic E-state index is -0.318. The van der Waals surface area contributed by atoms with Gasteiger partial charge in [-0.15, -0.1) is 0 Å². The summed E-state index contributed by atoms with van der Waals surface area (Å²) in [7, 11) is 0. The van der Waals surface area contributed by atoms with Crippen molar-refractivity contribution in [3.8, 4) is 16.9 Å². The molecular formula is C22H24N4O2S. The van der Waals surface area contributed by atoms with E-state index in [2.05, 4.69) is 46.4 Å². The van der Waals surface area contributed by atoms with E-state index >= 15 is 0 Å². The fourth-order valence-corrected chi connectivity index (χ4v) is 3.61. The first-order valence-electron chi connectivity index (χ1n) is 9.50. The third-order valence-corrected chi connectivity index (χ3v) is 5.25. The normalized spacial score (nSPS) is 10.8. The minimum Gasteiger partial charge on any atom is -0.484 e. The first kappa shape index (κ1) is 20.5. The first-order valence-corrected chi connectivity index (χ1v) is 10.3. The van der Waals surface area contributed by atoms with Gasteiger partial charge >= 0.3 is 0 Å². The van der Waals surface area contributed by atoms with Gasteiger partial charge in [0.1, 0.15) is 5.75 Å². The number of hydrogen-bond donors (Lipinski definition) is 1. The highest BCUT2D eigenvalue weighted by molar-refractivity contribution is 7.17. The molecule has 0 fully saturated rings. The van der Waals surface area contributed by atoms with Crippen molar-refractivity contribution in [3.05, 3.63) is 65.7 Å². The maximum absolute atomic E-state index is 11.9. The van der Waals surface area contributed by atoms with Gasteiger partial charge in [0.2, 0.25) is 0 Å². The molecule has 1 aromatic heterocycles. The summed E-state index contributed by atoms with van der Waals surface area (Å²) in [5, 5.41) is 4.93. The molecule has 3 rings (SSSR count). The molecule has 0 saturated heterocycles. The number of rotatable bonds is 9. The monoisotopic (exact) mass is 408 g/mol. The van der Waals surface area contributed by atoms with E-state index in [1.165, 1.54) is 11.3 Å². The third-order valence-electron chi connectivity index (χ3n) is 4.26. The number of aromatic nitrogens is 1. The number of hydrogen-bond acceptors (Lipinski definition) is 6. The van der Waals surface area contributed by atoms with Crippen LogP contribution in [0.2, 0.25) is 0 Å². The van der Waals surface area contributed by atoms with Gasteiger partial charge in [-0.1, -0.05) is 53.8 Å². The van der Waals surface area contributed by atoms with Crippen LogP contribution in [0.25, 0.3) is 11.1 Å². The number of thiazole rings is 1. The maximum Gasteiger partial charge on any atom is 0.277 e. The van der Waals surface area contributed by atoms with Crippen molar-refractivity contribution < 1.29 is 9.53 Å². The van der Waals surface area contributed by atoms with Crippen molar-refractivity contribution >= 4 is 28.6 Å². The number of anilines is 1. The molecule has 1 heterocycles. The highest BCUT2D eigenvalue weighted by atomic mass is 32.1. The van der Waals surface area contributed by atoms with E-state index < -0.39 is 0 Å². The largest absolute Gasteiger partial charge is 0.484 e. The van der Waals surface area contributed by atoms with Gasteiger partial charge in [-0.2, -0.15) is 5.10 Å². The van der Waals surface area contributed by atoms with Crippen LogP contribution < -0.4 is 15.1 Å². The summed E-state index contributed by atoms with van der Waals surface area (Å²) in [6.07, 6.45) is 3.34. The lowest BCUT2D eigenvalue weighted by Crippen LogP contribution is -2.24. The summed E-state index contributed by atoms with van der Waals surface area (Å²) < 4.78 is 5.52. The van der Waals surface area contributed by atoms with E-state index in [1.54, 1.807) is 12.4 Å². The van der Waals surface area contributed by atoms with Crippen LogP contribution in [0, 0.1) is 0 Å². The lowest BCUT2D eigenvalue weighted by molar-refractivity contribution is -0.123. The predicted octanol–water partition coefficient (Wildman–Crippen LogP) is 4.19. The summed E-state index contributed by atoms with van der Waals surface area (Å²) in [5.41, 5.74) is 4.71. The molecule has 2 aromatic carbocycles. The van der Waals surface area contributed by atoms with E-state index in [9.17, 15) is 4.79 Å². The molecule has 0 aliphatic heterocycles. The SMILES string of the molecule is CCN(CC)c1ncc(/C=N\NC(=O)COc2ccc(-c3ccccc3)cc2)s1. The molecule has 0 aliphatic carbocycles. The average molecular weight is 409 g/mol. The quantitative estimate of drug-likeness (QED) is 0.426. The topological polar surface area (TPSA) is 66.8 Å². The van der Waals surface area contributed by atoms with Crippen LogP contribution in [0.3, 0.4) is 0 Å². The van der Waals surface area contributed by atoms with Gasteiger partial charge in [0.25, 0.3) is 5.91 Å². The molecule has 29 heavy (non-hydrogen) atoms. The van der Waals surface area contributed by atoms with E-state index in [0.717, 1.165) is 34.2 Å². The predicted molar refractivity (Wildman–Crippen MR) is 119 cm³/mol. The number of carbonyl (C=O) groups excluding carboxylic acids is 1. The second kappa shape index (κ2) is 10.4. The Morgan fingerprint density at radius 2 is 1.79 bits per heavy atom. The second-order valence-electron chi connectivity index (χ2n) is 6.19. The van der Waals surface area contributed by atoms with Gasteiger partial charge < -0.3 is 9.64 Å². The zero-order valence-corrected chi connectivity index (χ0v) is 17.4. The molecule has 7 heteroatoms. The number of carbonyl (C=O) groups is 1. The molecule has 0 bridgehead atoms. The molecule has 150 valence electrons. The Morgan fingerprint density at radius 3 is 2.48 bits per heavy atom. The van der Waals surface area contributed by atoms with E-state index in [1.807, 2.05) is 42.5 Å². The van der Waals surface area contributed by atoms with Crippen molar-refractivity contribution in [3.63, 3.8) is 0 Å². The molecule has 0 radical (unpaired) electrons. The van der Waals surface area contributed by atoms with Crippen LogP contribution >= 0.6 is 11.3 Å². The van der Waals surface area contributed by atoms with Crippen molar-refractivity contribution in [1.29, 1.82) is 0 Å². The second-order valence-corrected chi connectivity index (χ2v) is 7.23. The van der Waals surface area contributed by atoms with Crippen LogP contribution in [0.15, 0.2) is 65.9 Å². The minimum absolute atomic E-state index is 0.102. The van der Waals surface area contributed by atoms with Crippen molar-refractivity contribution in [1.82, 2.24) is 10.4 Å². The van der Waals surface area contributed by atoms with E-state index in [4.69, 9.17) is 4.74 Å². The fourth-order valence-electron chi connectivity index (χ4n) is 2.70. The average Bonchev–Trinajstić information content (AvgIpc) is 3.23. The van der Waals surface area contributed by atoms with Crippen LogP contribution in [0.5, 0.6) is 5.75 Å². The molecule has 0 atom stereocenters. The summed E-state index contributed by atoms with van der Waals surface area (Å²) >= 11 is 1.53. The Morgan fingerprint density at radius 1 is 1.10 bits per heavy atom. The molecule has 0 spiro atoms. The van der Waals surface area contributed by atoms with Crippen LogP contribution in [-0.2, 0) is 4.79 Å². The smallest absolute Gasteiger partial charge is 0.277 e. The lowest BCUT2D eigenvalue weighted by atomic mass is 10.1. The van der Waals surface area contributed by atoms with Gasteiger partial charge in [0.15, 0.2) is 11.7 Å². The van der Waals surface area contributed by atoms with Crippen molar-refractivity contribution in [2.75, 3.05) is 24.6 Å². The summed E-state index contributed by atoms with van der Waals surface area (Å²) in [6.45, 7) is 5.89. The van der Waals surface area contributed by atoms with Gasteiger partial charge in [-0.05, 0) is 37.1 Å². The molecule has 1 amide bonds. The van der Waals surface area contributed by atoms with Crippen molar-refractivity contribution in [2.45, 2.75) is 13.8 Å². The Labute approximate surface area is 174 Å². The highest BCUT2D eigenvalue weighted by Gasteiger charge is 2.07.